The number of thiophene rings is 1. The molecule has 24 heavy (non-hydrogen) atoms. The summed E-state index contributed by atoms with van der Waals surface area (Å²) in [4.78, 5) is 15.8. The van der Waals surface area contributed by atoms with Crippen molar-refractivity contribution >= 4 is 40.4 Å². The van der Waals surface area contributed by atoms with E-state index in [-0.39, 0.29) is 29.4 Å². The van der Waals surface area contributed by atoms with E-state index in [0.717, 1.165) is 17.4 Å². The lowest BCUT2D eigenvalue weighted by Crippen LogP contribution is -2.26. The number of hydrogen-bond donors (Lipinski definition) is 1. The number of rotatable bonds is 5. The molecular weight excluding hydrogens is 388 g/mol. The first-order chi connectivity index (χ1) is 11.2. The van der Waals surface area contributed by atoms with Crippen LogP contribution in [0, 0.1) is 0 Å². The summed E-state index contributed by atoms with van der Waals surface area (Å²) >= 11 is 12.9. The van der Waals surface area contributed by atoms with Gasteiger partial charge in [0.15, 0.2) is 5.75 Å². The third-order valence-electron chi connectivity index (χ3n) is 3.04. The molecule has 0 radical (unpaired) electrons. The van der Waals surface area contributed by atoms with Crippen molar-refractivity contribution in [3.8, 4) is 5.75 Å². The van der Waals surface area contributed by atoms with Crippen LogP contribution in [-0.2, 0) is 12.6 Å². The molecule has 0 aliphatic heterocycles. The standard InChI is InChI=1S/C14H11Cl2F3N2O2S/c1-23-11-8(6-24-12(11)16)13(22)20-3-2-10-9(15)4-7(5-21-10)14(17,18)19/h4-6H,2-3H2,1H3,(H,20,22). The normalized spacial score (nSPS) is 11.4. The van der Waals surface area contributed by atoms with Gasteiger partial charge in [-0.1, -0.05) is 23.2 Å². The summed E-state index contributed by atoms with van der Waals surface area (Å²) in [6.07, 6.45) is -3.61. The quantitative estimate of drug-likeness (QED) is 0.809. The number of pyridine rings is 1. The van der Waals surface area contributed by atoms with E-state index in [4.69, 9.17) is 27.9 Å². The SMILES string of the molecule is COc1c(C(=O)NCCc2ncc(C(F)(F)F)cc2Cl)csc1Cl. The Bertz CT molecular complexity index is 750. The second-order valence-corrected chi connectivity index (χ2v) is 6.50. The number of hydrogen-bond acceptors (Lipinski definition) is 4. The molecule has 4 nitrogen and oxygen atoms in total. The van der Waals surface area contributed by atoms with Crippen LogP contribution in [0.5, 0.6) is 5.75 Å². The number of nitrogens with zero attached hydrogens (tertiary/aromatic N) is 1. The molecule has 0 spiro atoms. The Morgan fingerprint density at radius 1 is 1.42 bits per heavy atom. The smallest absolute Gasteiger partial charge is 0.417 e. The van der Waals surface area contributed by atoms with E-state index in [2.05, 4.69) is 10.3 Å². The molecule has 2 aromatic heterocycles. The third-order valence-corrected chi connectivity index (χ3v) is 4.56. The molecule has 0 atom stereocenters. The Morgan fingerprint density at radius 3 is 2.71 bits per heavy atom. The fraction of sp³-hybridized carbons (Fsp3) is 0.286. The van der Waals surface area contributed by atoms with Crippen molar-refractivity contribution in [1.82, 2.24) is 10.3 Å². The van der Waals surface area contributed by atoms with Crippen LogP contribution in [0.1, 0.15) is 21.6 Å². The summed E-state index contributed by atoms with van der Waals surface area (Å²) in [5, 5.41) is 4.07. The zero-order valence-corrected chi connectivity index (χ0v) is 14.5. The van der Waals surface area contributed by atoms with E-state index in [1.165, 1.54) is 7.11 Å². The maximum atomic E-state index is 12.5. The highest BCUT2D eigenvalue weighted by Crippen LogP contribution is 2.35. The summed E-state index contributed by atoms with van der Waals surface area (Å²) in [6, 6.07) is 0.813. The van der Waals surface area contributed by atoms with Gasteiger partial charge in [-0.3, -0.25) is 9.78 Å². The average Bonchev–Trinajstić information content (AvgIpc) is 2.88. The molecule has 0 aliphatic carbocycles. The van der Waals surface area contributed by atoms with Gasteiger partial charge in [0.05, 0.1) is 29.0 Å². The van der Waals surface area contributed by atoms with E-state index in [1.54, 1.807) is 5.38 Å². The molecular formula is C14H11Cl2F3N2O2S. The van der Waals surface area contributed by atoms with E-state index in [0.29, 0.717) is 16.1 Å². The number of halogens is 5. The minimum atomic E-state index is -4.50. The van der Waals surface area contributed by atoms with Crippen LogP contribution < -0.4 is 10.1 Å². The molecule has 0 saturated heterocycles. The molecule has 0 saturated carbocycles. The molecule has 2 aromatic rings. The van der Waals surface area contributed by atoms with Crippen LogP contribution in [0.4, 0.5) is 13.2 Å². The third kappa shape index (κ3) is 4.31. The van der Waals surface area contributed by atoms with Gasteiger partial charge in [0, 0.05) is 24.5 Å². The van der Waals surface area contributed by atoms with Gasteiger partial charge in [0.1, 0.15) is 4.34 Å². The van der Waals surface area contributed by atoms with Gasteiger partial charge in [-0.05, 0) is 6.07 Å². The summed E-state index contributed by atoms with van der Waals surface area (Å²) in [5.74, 6) is -0.122. The van der Waals surface area contributed by atoms with Crippen LogP contribution in [0.15, 0.2) is 17.6 Å². The van der Waals surface area contributed by atoms with Crippen LogP contribution in [0.25, 0.3) is 0 Å². The maximum Gasteiger partial charge on any atom is 0.417 e. The minimum absolute atomic E-state index is 0.102. The molecule has 0 unspecified atom stereocenters. The number of ether oxygens (including phenoxy) is 1. The zero-order valence-electron chi connectivity index (χ0n) is 12.2. The Labute approximate surface area is 149 Å². The van der Waals surface area contributed by atoms with Crippen molar-refractivity contribution in [3.05, 3.63) is 43.8 Å². The Hall–Kier alpha value is -1.51. The molecule has 0 aliphatic rings. The monoisotopic (exact) mass is 398 g/mol. The first-order valence-electron chi connectivity index (χ1n) is 6.54. The number of methoxy groups -OCH3 is 1. The van der Waals surface area contributed by atoms with Crippen molar-refractivity contribution in [1.29, 1.82) is 0 Å². The predicted octanol–water partition coefficient (Wildman–Crippen LogP) is 4.45. The van der Waals surface area contributed by atoms with Crippen LogP contribution in [0.3, 0.4) is 0 Å². The van der Waals surface area contributed by atoms with Gasteiger partial charge in [0.2, 0.25) is 0 Å². The van der Waals surface area contributed by atoms with E-state index in [9.17, 15) is 18.0 Å². The van der Waals surface area contributed by atoms with Crippen molar-refractivity contribution in [2.45, 2.75) is 12.6 Å². The summed E-state index contributed by atoms with van der Waals surface area (Å²) in [7, 11) is 1.40. The number of carbonyl (C=O) groups is 1. The molecule has 0 fully saturated rings. The molecule has 10 heteroatoms. The number of carbonyl (C=O) groups excluding carboxylic acids is 1. The molecule has 130 valence electrons. The van der Waals surface area contributed by atoms with Gasteiger partial charge in [-0.25, -0.2) is 0 Å². The van der Waals surface area contributed by atoms with E-state index in [1.807, 2.05) is 0 Å². The first kappa shape index (κ1) is 18.8. The fourth-order valence-electron chi connectivity index (χ4n) is 1.87. The molecule has 1 amide bonds. The van der Waals surface area contributed by atoms with Crippen LogP contribution >= 0.6 is 34.5 Å². The Balaban J connectivity index is 1.98. The summed E-state index contributed by atoms with van der Waals surface area (Å²) in [6.45, 7) is 0.146. The number of amides is 1. The highest BCUT2D eigenvalue weighted by Gasteiger charge is 2.31. The topological polar surface area (TPSA) is 51.2 Å². The number of nitrogens with one attached hydrogen (secondary N) is 1. The highest BCUT2D eigenvalue weighted by molar-refractivity contribution is 7.15. The largest absolute Gasteiger partial charge is 0.493 e. The highest BCUT2D eigenvalue weighted by atomic mass is 35.5. The van der Waals surface area contributed by atoms with Gasteiger partial charge in [-0.2, -0.15) is 13.2 Å². The van der Waals surface area contributed by atoms with Gasteiger partial charge < -0.3 is 10.1 Å². The number of aromatic nitrogens is 1. The van der Waals surface area contributed by atoms with Gasteiger partial charge in [-0.15, -0.1) is 11.3 Å². The zero-order chi connectivity index (χ0) is 17.9. The maximum absolute atomic E-state index is 12.5. The van der Waals surface area contributed by atoms with E-state index >= 15 is 0 Å². The lowest BCUT2D eigenvalue weighted by Gasteiger charge is -2.10. The van der Waals surface area contributed by atoms with Crippen LogP contribution in [-0.4, -0.2) is 24.5 Å². The minimum Gasteiger partial charge on any atom is -0.493 e. The Morgan fingerprint density at radius 2 is 2.12 bits per heavy atom. The fourth-order valence-corrected chi connectivity index (χ4v) is 3.17. The Kier molecular flexibility index (Phi) is 5.95. The lowest BCUT2D eigenvalue weighted by molar-refractivity contribution is -0.137. The van der Waals surface area contributed by atoms with Gasteiger partial charge in [0.25, 0.3) is 5.91 Å². The second-order valence-electron chi connectivity index (χ2n) is 4.61. The predicted molar refractivity (Wildman–Crippen MR) is 86.2 cm³/mol. The molecule has 0 aromatic carbocycles. The van der Waals surface area contributed by atoms with Gasteiger partial charge >= 0.3 is 6.18 Å². The van der Waals surface area contributed by atoms with Crippen molar-refractivity contribution in [2.75, 3.05) is 13.7 Å². The first-order valence-corrected chi connectivity index (χ1v) is 8.18. The molecule has 2 rings (SSSR count). The number of alkyl halides is 3. The average molecular weight is 399 g/mol. The van der Waals surface area contributed by atoms with Crippen molar-refractivity contribution in [2.24, 2.45) is 0 Å². The van der Waals surface area contributed by atoms with Crippen molar-refractivity contribution in [3.63, 3.8) is 0 Å². The van der Waals surface area contributed by atoms with Crippen molar-refractivity contribution < 1.29 is 22.7 Å². The molecule has 0 bridgehead atoms. The van der Waals surface area contributed by atoms with Crippen LogP contribution in [0.2, 0.25) is 9.36 Å². The molecule has 1 N–H and O–H groups in total. The second kappa shape index (κ2) is 7.58. The lowest BCUT2D eigenvalue weighted by atomic mass is 10.2. The van der Waals surface area contributed by atoms with E-state index < -0.39 is 17.6 Å². The summed E-state index contributed by atoms with van der Waals surface area (Å²) in [5.41, 5.74) is -0.364. The summed E-state index contributed by atoms with van der Waals surface area (Å²) < 4.78 is 43.0. The molecule has 2 heterocycles.